The highest BCUT2D eigenvalue weighted by Gasteiger charge is 2.41. The molecule has 1 amide bonds. The molecular weight excluding hydrogens is 386 g/mol. The quantitative estimate of drug-likeness (QED) is 0.600. The van der Waals surface area contributed by atoms with Crippen LogP contribution >= 0.6 is 11.6 Å². The van der Waals surface area contributed by atoms with E-state index in [2.05, 4.69) is 0 Å². The molecule has 0 N–H and O–H groups in total. The van der Waals surface area contributed by atoms with Crippen LogP contribution in [0.15, 0.2) is 36.4 Å². The molecule has 2 aromatic rings. The Kier molecular flexibility index (Phi) is 5.08. The van der Waals surface area contributed by atoms with Crippen LogP contribution in [0.3, 0.4) is 0 Å². The van der Waals surface area contributed by atoms with E-state index in [4.69, 9.17) is 16.3 Å². The van der Waals surface area contributed by atoms with Gasteiger partial charge in [-0.3, -0.25) is 4.90 Å². The summed E-state index contributed by atoms with van der Waals surface area (Å²) in [6, 6.07) is 6.90. The van der Waals surface area contributed by atoms with Gasteiger partial charge in [0.05, 0.1) is 18.2 Å². The van der Waals surface area contributed by atoms with E-state index < -0.39 is 35.8 Å². The van der Waals surface area contributed by atoms with Crippen molar-refractivity contribution in [1.29, 1.82) is 0 Å². The van der Waals surface area contributed by atoms with Gasteiger partial charge < -0.3 is 4.74 Å². The third-order valence-electron chi connectivity index (χ3n) is 4.50. The minimum absolute atomic E-state index is 0.0631. The first-order valence-corrected chi connectivity index (χ1v) is 8.54. The first kappa shape index (κ1) is 19.5. The lowest BCUT2D eigenvalue weighted by Gasteiger charge is -2.22. The molecule has 27 heavy (non-hydrogen) atoms. The van der Waals surface area contributed by atoms with Crippen LogP contribution < -0.4 is 0 Å². The normalized spacial score (nSPS) is 20.1. The second-order valence-electron chi connectivity index (χ2n) is 6.54. The molecule has 0 spiro atoms. The van der Waals surface area contributed by atoms with Crippen molar-refractivity contribution in [2.24, 2.45) is 0 Å². The number of hydrogen-bond donors (Lipinski definition) is 0. The molecule has 2 atom stereocenters. The Morgan fingerprint density at radius 2 is 1.89 bits per heavy atom. The summed E-state index contributed by atoms with van der Waals surface area (Å²) >= 11 is 6.00. The number of benzene rings is 2. The maximum Gasteiger partial charge on any atom is 0.416 e. The topological polar surface area (TPSA) is 29.5 Å². The van der Waals surface area contributed by atoms with Crippen molar-refractivity contribution in [3.63, 3.8) is 0 Å². The SMILES string of the molecule is Cc1cc(C2OC(=O)N(Cc3ccc(F)cc3Cl)[C@H]2C)cc(C(F)(F)F)c1. The van der Waals surface area contributed by atoms with Crippen molar-refractivity contribution >= 4 is 17.7 Å². The number of alkyl halides is 3. The fraction of sp³-hybridized carbons (Fsp3) is 0.316. The fourth-order valence-electron chi connectivity index (χ4n) is 3.13. The van der Waals surface area contributed by atoms with Crippen LogP contribution in [0.25, 0.3) is 0 Å². The van der Waals surface area contributed by atoms with Gasteiger partial charge in [-0.15, -0.1) is 0 Å². The van der Waals surface area contributed by atoms with Gasteiger partial charge in [-0.2, -0.15) is 13.2 Å². The van der Waals surface area contributed by atoms with Gasteiger partial charge in [0.2, 0.25) is 0 Å². The third kappa shape index (κ3) is 4.03. The second-order valence-corrected chi connectivity index (χ2v) is 6.95. The highest BCUT2D eigenvalue weighted by Crippen LogP contribution is 2.38. The van der Waals surface area contributed by atoms with Gasteiger partial charge in [0.25, 0.3) is 0 Å². The molecule has 8 heteroatoms. The molecule has 0 aromatic heterocycles. The van der Waals surface area contributed by atoms with Crippen molar-refractivity contribution in [2.45, 2.75) is 38.7 Å². The standard InChI is InChI=1S/C19H16ClF4NO2/c1-10-5-13(7-14(6-10)19(22,23)24)17-11(2)25(18(26)27-17)9-12-3-4-15(21)8-16(12)20/h3-8,11,17H,9H2,1-2H3/t11-,17?/m0/s1. The summed E-state index contributed by atoms with van der Waals surface area (Å²) in [7, 11) is 0. The monoisotopic (exact) mass is 401 g/mol. The minimum atomic E-state index is -4.49. The predicted octanol–water partition coefficient (Wildman–Crippen LogP) is 5.89. The van der Waals surface area contributed by atoms with E-state index in [9.17, 15) is 22.4 Å². The van der Waals surface area contributed by atoms with Gasteiger partial charge in [-0.25, -0.2) is 9.18 Å². The lowest BCUT2D eigenvalue weighted by atomic mass is 9.98. The van der Waals surface area contributed by atoms with Crippen molar-refractivity contribution in [3.05, 3.63) is 69.5 Å². The lowest BCUT2D eigenvalue weighted by Crippen LogP contribution is -2.31. The molecule has 3 rings (SSSR count). The van der Waals surface area contributed by atoms with E-state index in [1.54, 1.807) is 19.9 Å². The molecule has 1 aliphatic heterocycles. The number of carbonyl (C=O) groups is 1. The summed E-state index contributed by atoms with van der Waals surface area (Å²) in [5.74, 6) is -0.502. The zero-order valence-electron chi connectivity index (χ0n) is 14.5. The number of rotatable bonds is 3. The molecule has 1 saturated heterocycles. The van der Waals surface area contributed by atoms with Gasteiger partial charge in [0, 0.05) is 5.02 Å². The Bertz CT molecular complexity index is 884. The number of ether oxygens (including phenoxy) is 1. The maximum atomic E-state index is 13.2. The number of halogens is 5. The second kappa shape index (κ2) is 7.03. The van der Waals surface area contributed by atoms with Gasteiger partial charge in [0.1, 0.15) is 11.9 Å². The number of hydrogen-bond acceptors (Lipinski definition) is 2. The van der Waals surface area contributed by atoms with Crippen LogP contribution in [0.4, 0.5) is 22.4 Å². The molecule has 144 valence electrons. The molecule has 3 nitrogen and oxygen atoms in total. The predicted molar refractivity (Wildman–Crippen MR) is 91.8 cm³/mol. The number of cyclic esters (lactones) is 1. The first-order valence-electron chi connectivity index (χ1n) is 8.16. The van der Waals surface area contributed by atoms with Crippen molar-refractivity contribution in [2.75, 3.05) is 0 Å². The molecule has 0 radical (unpaired) electrons. The van der Waals surface area contributed by atoms with E-state index >= 15 is 0 Å². The summed E-state index contributed by atoms with van der Waals surface area (Å²) in [4.78, 5) is 13.6. The van der Waals surface area contributed by atoms with E-state index in [1.165, 1.54) is 17.0 Å². The molecule has 0 bridgehead atoms. The Balaban J connectivity index is 1.88. The van der Waals surface area contributed by atoms with Crippen LogP contribution in [-0.2, 0) is 17.5 Å². The molecule has 0 aliphatic carbocycles. The number of nitrogens with zero attached hydrogens (tertiary/aromatic N) is 1. The van der Waals surface area contributed by atoms with Crippen LogP contribution in [0.2, 0.25) is 5.02 Å². The third-order valence-corrected chi connectivity index (χ3v) is 4.86. The van der Waals surface area contributed by atoms with Crippen LogP contribution in [-0.4, -0.2) is 17.0 Å². The smallest absolute Gasteiger partial charge is 0.416 e. The van der Waals surface area contributed by atoms with E-state index in [1.807, 2.05) is 0 Å². The van der Waals surface area contributed by atoms with E-state index in [-0.39, 0.29) is 17.1 Å². The summed E-state index contributed by atoms with van der Waals surface area (Å²) in [6.45, 7) is 3.30. The van der Waals surface area contributed by atoms with Gasteiger partial charge >= 0.3 is 12.3 Å². The number of carbonyl (C=O) groups excluding carboxylic acids is 1. The lowest BCUT2D eigenvalue weighted by molar-refractivity contribution is -0.137. The van der Waals surface area contributed by atoms with Crippen molar-refractivity contribution in [3.8, 4) is 0 Å². The molecular formula is C19H16ClF4NO2. The average molecular weight is 402 g/mol. The van der Waals surface area contributed by atoms with Crippen LogP contribution in [0.1, 0.15) is 35.3 Å². The van der Waals surface area contributed by atoms with Crippen LogP contribution in [0.5, 0.6) is 0 Å². The zero-order valence-corrected chi connectivity index (χ0v) is 15.2. The molecule has 1 fully saturated rings. The van der Waals surface area contributed by atoms with E-state index in [0.29, 0.717) is 11.1 Å². The summed E-state index contributed by atoms with van der Waals surface area (Å²) in [6.07, 6.45) is -6.01. The van der Waals surface area contributed by atoms with Gasteiger partial charge in [0.15, 0.2) is 0 Å². The zero-order chi connectivity index (χ0) is 19.9. The minimum Gasteiger partial charge on any atom is -0.439 e. The largest absolute Gasteiger partial charge is 0.439 e. The van der Waals surface area contributed by atoms with Crippen LogP contribution in [0, 0.1) is 12.7 Å². The fourth-order valence-corrected chi connectivity index (χ4v) is 3.36. The molecule has 1 unspecified atom stereocenters. The average Bonchev–Trinajstić information content (AvgIpc) is 2.84. The number of amides is 1. The highest BCUT2D eigenvalue weighted by atomic mass is 35.5. The Labute approximate surface area is 158 Å². The van der Waals surface area contributed by atoms with Crippen molar-refractivity contribution < 1.29 is 27.1 Å². The molecule has 2 aromatic carbocycles. The Morgan fingerprint density at radius 1 is 1.19 bits per heavy atom. The molecule has 0 saturated carbocycles. The Morgan fingerprint density at radius 3 is 2.52 bits per heavy atom. The van der Waals surface area contributed by atoms with Crippen molar-refractivity contribution in [1.82, 2.24) is 4.90 Å². The number of aryl methyl sites for hydroxylation is 1. The highest BCUT2D eigenvalue weighted by molar-refractivity contribution is 6.31. The molecule has 1 aliphatic rings. The van der Waals surface area contributed by atoms with Gasteiger partial charge in [-0.05, 0) is 49.2 Å². The van der Waals surface area contributed by atoms with E-state index in [0.717, 1.165) is 18.2 Å². The summed E-state index contributed by atoms with van der Waals surface area (Å²) < 4.78 is 57.8. The maximum absolute atomic E-state index is 13.2. The molecule has 1 heterocycles. The summed E-state index contributed by atoms with van der Waals surface area (Å²) in [5, 5.41) is 0.161. The Hall–Kier alpha value is -2.28. The summed E-state index contributed by atoms with van der Waals surface area (Å²) in [5.41, 5.74) is 0.419. The van der Waals surface area contributed by atoms with Gasteiger partial charge in [-0.1, -0.05) is 29.3 Å². The first-order chi connectivity index (χ1) is 12.6.